The number of halogens is 1. The molecule has 7 nitrogen and oxygen atoms in total. The number of tetrazole rings is 1. The van der Waals surface area contributed by atoms with Crippen molar-refractivity contribution in [3.05, 3.63) is 58.6 Å². The van der Waals surface area contributed by atoms with Gasteiger partial charge in [0, 0.05) is 27.2 Å². The summed E-state index contributed by atoms with van der Waals surface area (Å²) >= 11 is 3.39. The number of nitrogens with one attached hydrogen (secondary N) is 1. The Kier molecular flexibility index (Phi) is 5.99. The molecule has 3 rings (SSSR count). The molecule has 1 unspecified atom stereocenters. The summed E-state index contributed by atoms with van der Waals surface area (Å²) in [5.41, 5.74) is 1.98. The van der Waals surface area contributed by atoms with Crippen LogP contribution in [0, 0.1) is 5.92 Å². The van der Waals surface area contributed by atoms with Gasteiger partial charge in [0.2, 0.25) is 11.7 Å². The van der Waals surface area contributed by atoms with Crippen molar-refractivity contribution in [1.82, 2.24) is 20.2 Å². The van der Waals surface area contributed by atoms with Gasteiger partial charge < -0.3 is 5.32 Å². The summed E-state index contributed by atoms with van der Waals surface area (Å²) in [5.74, 6) is 0.139. The molecule has 28 heavy (non-hydrogen) atoms. The normalized spacial score (nSPS) is 12.0. The molecule has 1 heterocycles. The van der Waals surface area contributed by atoms with E-state index in [9.17, 15) is 9.59 Å². The quantitative estimate of drug-likeness (QED) is 0.580. The second-order valence-electron chi connectivity index (χ2n) is 6.70. The van der Waals surface area contributed by atoms with Gasteiger partial charge in [0.25, 0.3) is 0 Å². The largest absolute Gasteiger partial charge is 0.326 e. The lowest BCUT2D eigenvalue weighted by atomic mass is 10.1. The first-order chi connectivity index (χ1) is 13.3. The summed E-state index contributed by atoms with van der Waals surface area (Å²) in [4.78, 5) is 25.8. The third-order valence-corrected chi connectivity index (χ3v) is 4.75. The van der Waals surface area contributed by atoms with Crippen LogP contribution in [0.5, 0.6) is 0 Å². The second kappa shape index (κ2) is 8.43. The first-order valence-corrected chi connectivity index (χ1v) is 9.65. The lowest BCUT2D eigenvalue weighted by Gasteiger charge is -2.11. The number of ketones is 1. The Morgan fingerprint density at radius 3 is 2.25 bits per heavy atom. The molecule has 2 aromatic carbocycles. The van der Waals surface area contributed by atoms with Crippen molar-refractivity contribution in [2.45, 2.75) is 26.8 Å². The third-order valence-electron chi connectivity index (χ3n) is 4.22. The Balaban J connectivity index is 1.72. The molecule has 1 atom stereocenters. The van der Waals surface area contributed by atoms with E-state index < -0.39 is 6.04 Å². The van der Waals surface area contributed by atoms with Crippen molar-refractivity contribution < 1.29 is 9.59 Å². The predicted octanol–water partition coefficient (Wildman–Crippen LogP) is 4.14. The molecule has 0 spiro atoms. The van der Waals surface area contributed by atoms with Gasteiger partial charge in [-0.15, -0.1) is 10.2 Å². The van der Waals surface area contributed by atoms with Crippen LogP contribution in [0.1, 0.15) is 37.2 Å². The van der Waals surface area contributed by atoms with Crippen molar-refractivity contribution >= 4 is 33.3 Å². The van der Waals surface area contributed by atoms with Gasteiger partial charge in [0.1, 0.15) is 6.04 Å². The van der Waals surface area contributed by atoms with Crippen LogP contribution in [0.4, 0.5) is 5.69 Å². The standard InChI is InChI=1S/C20H20BrN5O2/c1-12(2)20(28)22-17-10-6-14(7-11-17)18(27)13(3)26-24-19(23-25-26)15-4-8-16(21)9-5-15/h4-13H,1-3H3,(H,22,28). The molecular formula is C20H20BrN5O2. The summed E-state index contributed by atoms with van der Waals surface area (Å²) in [5, 5.41) is 15.2. The molecule has 1 N–H and O–H groups in total. The fourth-order valence-electron chi connectivity index (χ4n) is 2.45. The number of hydrogen-bond donors (Lipinski definition) is 1. The maximum atomic E-state index is 12.8. The summed E-state index contributed by atoms with van der Waals surface area (Å²) in [7, 11) is 0. The Bertz CT molecular complexity index is 981. The highest BCUT2D eigenvalue weighted by molar-refractivity contribution is 9.10. The van der Waals surface area contributed by atoms with Crippen molar-refractivity contribution in [3.63, 3.8) is 0 Å². The molecule has 0 aliphatic carbocycles. The van der Waals surface area contributed by atoms with E-state index in [0.717, 1.165) is 10.0 Å². The van der Waals surface area contributed by atoms with E-state index in [0.29, 0.717) is 17.1 Å². The lowest BCUT2D eigenvalue weighted by molar-refractivity contribution is -0.118. The Labute approximate surface area is 171 Å². The highest BCUT2D eigenvalue weighted by Gasteiger charge is 2.20. The van der Waals surface area contributed by atoms with Gasteiger partial charge in [0.15, 0.2) is 5.78 Å². The molecule has 1 amide bonds. The van der Waals surface area contributed by atoms with Crippen LogP contribution < -0.4 is 5.32 Å². The number of Topliss-reactive ketones (excluding diaryl/α,β-unsaturated/α-hetero) is 1. The highest BCUT2D eigenvalue weighted by Crippen LogP contribution is 2.20. The molecule has 0 saturated carbocycles. The summed E-state index contributed by atoms with van der Waals surface area (Å²) in [6, 6.07) is 13.7. The van der Waals surface area contributed by atoms with Crippen LogP contribution >= 0.6 is 15.9 Å². The molecule has 1 aromatic heterocycles. The number of carbonyl (C=O) groups excluding carboxylic acids is 2. The first kappa shape index (κ1) is 19.9. The van der Waals surface area contributed by atoms with E-state index in [4.69, 9.17) is 0 Å². The van der Waals surface area contributed by atoms with Crippen LogP contribution in [0.2, 0.25) is 0 Å². The molecular weight excluding hydrogens is 422 g/mol. The van der Waals surface area contributed by atoms with Crippen molar-refractivity contribution in [3.8, 4) is 11.4 Å². The van der Waals surface area contributed by atoms with Gasteiger partial charge in [-0.1, -0.05) is 29.8 Å². The van der Waals surface area contributed by atoms with E-state index in [1.165, 1.54) is 4.80 Å². The predicted molar refractivity (Wildman–Crippen MR) is 110 cm³/mol. The molecule has 0 aliphatic heterocycles. The summed E-state index contributed by atoms with van der Waals surface area (Å²) < 4.78 is 0.959. The molecule has 0 bridgehead atoms. The molecule has 8 heteroatoms. The van der Waals surface area contributed by atoms with Crippen molar-refractivity contribution in [1.29, 1.82) is 0 Å². The first-order valence-electron chi connectivity index (χ1n) is 8.85. The zero-order valence-electron chi connectivity index (χ0n) is 15.8. The minimum absolute atomic E-state index is 0.0697. The minimum Gasteiger partial charge on any atom is -0.326 e. The second-order valence-corrected chi connectivity index (χ2v) is 7.62. The smallest absolute Gasteiger partial charge is 0.226 e. The number of amides is 1. The monoisotopic (exact) mass is 441 g/mol. The van der Waals surface area contributed by atoms with Crippen LogP contribution in [-0.2, 0) is 4.79 Å². The van der Waals surface area contributed by atoms with Gasteiger partial charge in [-0.25, -0.2) is 0 Å². The van der Waals surface area contributed by atoms with Crippen LogP contribution in [-0.4, -0.2) is 31.9 Å². The van der Waals surface area contributed by atoms with Gasteiger partial charge in [-0.3, -0.25) is 9.59 Å². The van der Waals surface area contributed by atoms with Gasteiger partial charge in [-0.05, 0) is 60.7 Å². The van der Waals surface area contributed by atoms with Gasteiger partial charge in [0.05, 0.1) is 0 Å². The zero-order valence-corrected chi connectivity index (χ0v) is 17.3. The molecule has 0 radical (unpaired) electrons. The Morgan fingerprint density at radius 2 is 1.64 bits per heavy atom. The number of hydrogen-bond acceptors (Lipinski definition) is 5. The van der Waals surface area contributed by atoms with Crippen molar-refractivity contribution in [2.75, 3.05) is 5.32 Å². The summed E-state index contributed by atoms with van der Waals surface area (Å²) in [6.07, 6.45) is 0. The Morgan fingerprint density at radius 1 is 1.00 bits per heavy atom. The van der Waals surface area contributed by atoms with Crippen LogP contribution in [0.3, 0.4) is 0 Å². The lowest BCUT2D eigenvalue weighted by Crippen LogP contribution is -2.20. The Hall–Kier alpha value is -2.87. The number of rotatable bonds is 6. The number of benzene rings is 2. The molecule has 0 saturated heterocycles. The van der Waals surface area contributed by atoms with E-state index in [2.05, 4.69) is 36.7 Å². The highest BCUT2D eigenvalue weighted by atomic mass is 79.9. The van der Waals surface area contributed by atoms with E-state index in [1.54, 1.807) is 31.2 Å². The van der Waals surface area contributed by atoms with Gasteiger partial charge in [-0.2, -0.15) is 4.80 Å². The number of nitrogens with zero attached hydrogens (tertiary/aromatic N) is 4. The maximum absolute atomic E-state index is 12.8. The van der Waals surface area contributed by atoms with Gasteiger partial charge >= 0.3 is 0 Å². The minimum atomic E-state index is -0.604. The molecule has 144 valence electrons. The number of anilines is 1. The molecule has 3 aromatic rings. The SMILES string of the molecule is CC(C)C(=O)Nc1ccc(C(=O)C(C)n2nnc(-c3ccc(Br)cc3)n2)cc1. The summed E-state index contributed by atoms with van der Waals surface area (Å²) in [6.45, 7) is 5.37. The zero-order chi connectivity index (χ0) is 20.3. The van der Waals surface area contributed by atoms with Crippen LogP contribution in [0.25, 0.3) is 11.4 Å². The average Bonchev–Trinajstić information content (AvgIpc) is 3.18. The number of carbonyl (C=O) groups is 2. The fraction of sp³-hybridized carbons (Fsp3) is 0.250. The molecule has 0 aliphatic rings. The van der Waals surface area contributed by atoms with E-state index >= 15 is 0 Å². The van der Waals surface area contributed by atoms with E-state index in [1.807, 2.05) is 38.1 Å². The third kappa shape index (κ3) is 4.51. The van der Waals surface area contributed by atoms with E-state index in [-0.39, 0.29) is 17.6 Å². The maximum Gasteiger partial charge on any atom is 0.226 e. The topological polar surface area (TPSA) is 89.8 Å². The van der Waals surface area contributed by atoms with Crippen molar-refractivity contribution in [2.24, 2.45) is 5.92 Å². The van der Waals surface area contributed by atoms with Crippen LogP contribution in [0.15, 0.2) is 53.0 Å². The average molecular weight is 442 g/mol. The fourth-order valence-corrected chi connectivity index (χ4v) is 2.72. The number of aromatic nitrogens is 4. The molecule has 0 fully saturated rings.